The van der Waals surface area contributed by atoms with E-state index in [1.165, 1.54) is 18.2 Å². The van der Waals surface area contributed by atoms with E-state index in [1.807, 2.05) is 29.0 Å². The van der Waals surface area contributed by atoms with Crippen molar-refractivity contribution in [2.45, 2.75) is 6.54 Å². The maximum Gasteiger partial charge on any atom is 0.278 e. The molecule has 0 bridgehead atoms. The number of hydrogen-bond acceptors (Lipinski definition) is 7. The average Bonchev–Trinajstić information content (AvgIpc) is 3.59. The van der Waals surface area contributed by atoms with Crippen molar-refractivity contribution in [2.24, 2.45) is 0 Å². The van der Waals surface area contributed by atoms with E-state index in [0.717, 1.165) is 11.1 Å². The largest absolute Gasteiger partial charge is 0.493 e. The van der Waals surface area contributed by atoms with E-state index < -0.39 is 5.82 Å². The molecule has 37 heavy (non-hydrogen) atoms. The Balaban J connectivity index is 1.24. The molecule has 0 fully saturated rings. The van der Waals surface area contributed by atoms with Crippen molar-refractivity contribution in [3.05, 3.63) is 96.2 Å². The van der Waals surface area contributed by atoms with Gasteiger partial charge in [-0.05, 0) is 54.1 Å². The first kappa shape index (κ1) is 23.7. The molecule has 186 valence electrons. The highest BCUT2D eigenvalue weighted by molar-refractivity contribution is 6.04. The number of ether oxygens (including phenoxy) is 2. The third-order valence-corrected chi connectivity index (χ3v) is 5.58. The van der Waals surface area contributed by atoms with Gasteiger partial charge in [0.15, 0.2) is 11.5 Å². The number of nitrogens with zero attached hydrogens (tertiary/aromatic N) is 4. The number of anilines is 1. The highest BCUT2D eigenvalue weighted by atomic mass is 19.1. The zero-order valence-electron chi connectivity index (χ0n) is 20.0. The SMILES string of the molecule is COc1ccc(-c2noc(-c3cn(Cc4ccc(NC(=O)c5cccc(F)c5)cc4)cn3)n2)cc1OC. The van der Waals surface area contributed by atoms with Crippen molar-refractivity contribution in [1.82, 2.24) is 19.7 Å². The number of benzene rings is 3. The molecule has 0 aliphatic rings. The summed E-state index contributed by atoms with van der Waals surface area (Å²) in [5.74, 6) is 1.03. The standard InChI is InChI=1S/C27H22FN5O4/c1-35-23-11-8-18(13-24(23)36-2)25-31-27(37-32-25)22-15-33(16-29-22)14-17-6-9-21(10-7-17)30-26(34)19-4-3-5-20(28)12-19/h3-13,15-16H,14H2,1-2H3,(H,30,34). The van der Waals surface area contributed by atoms with E-state index in [2.05, 4.69) is 20.4 Å². The first-order valence-electron chi connectivity index (χ1n) is 11.3. The highest BCUT2D eigenvalue weighted by Crippen LogP contribution is 2.31. The summed E-state index contributed by atoms with van der Waals surface area (Å²) >= 11 is 0. The second-order valence-corrected chi connectivity index (χ2v) is 8.09. The fourth-order valence-electron chi connectivity index (χ4n) is 3.71. The summed E-state index contributed by atoms with van der Waals surface area (Å²) in [6, 6.07) is 18.3. The Kier molecular flexibility index (Phi) is 6.62. The van der Waals surface area contributed by atoms with Crippen LogP contribution in [0.2, 0.25) is 0 Å². The minimum absolute atomic E-state index is 0.255. The van der Waals surface area contributed by atoms with Gasteiger partial charge < -0.3 is 23.9 Å². The van der Waals surface area contributed by atoms with E-state index in [4.69, 9.17) is 14.0 Å². The van der Waals surface area contributed by atoms with Crippen LogP contribution in [0.4, 0.5) is 10.1 Å². The van der Waals surface area contributed by atoms with Crippen molar-refractivity contribution >= 4 is 11.6 Å². The molecule has 0 saturated carbocycles. The molecule has 0 unspecified atom stereocenters. The first-order chi connectivity index (χ1) is 18.0. The molecule has 1 amide bonds. The maximum atomic E-state index is 13.4. The van der Waals surface area contributed by atoms with Gasteiger partial charge in [0.1, 0.15) is 11.5 Å². The summed E-state index contributed by atoms with van der Waals surface area (Å²) < 4.78 is 31.3. The van der Waals surface area contributed by atoms with Gasteiger partial charge in [-0.2, -0.15) is 4.98 Å². The van der Waals surface area contributed by atoms with Crippen LogP contribution in [-0.4, -0.2) is 39.8 Å². The molecule has 0 atom stereocenters. The van der Waals surface area contributed by atoms with Gasteiger partial charge in [-0.25, -0.2) is 9.37 Å². The van der Waals surface area contributed by atoms with Crippen LogP contribution in [0, 0.1) is 5.82 Å². The van der Waals surface area contributed by atoms with E-state index in [9.17, 15) is 9.18 Å². The van der Waals surface area contributed by atoms with Crippen LogP contribution in [0.15, 0.2) is 83.8 Å². The number of amides is 1. The Hall–Kier alpha value is -4.99. The van der Waals surface area contributed by atoms with Crippen LogP contribution in [0.5, 0.6) is 11.5 Å². The van der Waals surface area contributed by atoms with Crippen LogP contribution in [-0.2, 0) is 6.54 Å². The van der Waals surface area contributed by atoms with Crippen LogP contribution in [0.3, 0.4) is 0 Å². The molecule has 0 aliphatic heterocycles. The zero-order chi connectivity index (χ0) is 25.8. The van der Waals surface area contributed by atoms with E-state index in [1.54, 1.807) is 50.9 Å². The van der Waals surface area contributed by atoms with Crippen molar-refractivity contribution in [3.8, 4) is 34.5 Å². The van der Waals surface area contributed by atoms with Gasteiger partial charge in [0, 0.05) is 29.6 Å². The van der Waals surface area contributed by atoms with Crippen LogP contribution >= 0.6 is 0 Å². The summed E-state index contributed by atoms with van der Waals surface area (Å²) in [7, 11) is 3.13. The van der Waals surface area contributed by atoms with Gasteiger partial charge in [0.2, 0.25) is 5.82 Å². The fraction of sp³-hybridized carbons (Fsp3) is 0.111. The summed E-state index contributed by atoms with van der Waals surface area (Å²) in [6.45, 7) is 0.543. The quantitative estimate of drug-likeness (QED) is 0.318. The highest BCUT2D eigenvalue weighted by Gasteiger charge is 2.15. The van der Waals surface area contributed by atoms with Crippen molar-refractivity contribution in [1.29, 1.82) is 0 Å². The lowest BCUT2D eigenvalue weighted by molar-refractivity contribution is 0.102. The summed E-state index contributed by atoms with van der Waals surface area (Å²) in [6.07, 6.45) is 3.49. The van der Waals surface area contributed by atoms with E-state index in [0.29, 0.717) is 41.1 Å². The number of nitrogens with one attached hydrogen (secondary N) is 1. The number of halogens is 1. The van der Waals surface area contributed by atoms with Gasteiger partial charge in [-0.3, -0.25) is 4.79 Å². The maximum absolute atomic E-state index is 13.4. The lowest BCUT2D eigenvalue weighted by Gasteiger charge is -2.07. The summed E-state index contributed by atoms with van der Waals surface area (Å²) in [5, 5.41) is 6.82. The van der Waals surface area contributed by atoms with E-state index >= 15 is 0 Å². The van der Waals surface area contributed by atoms with Gasteiger partial charge >= 0.3 is 0 Å². The molecule has 0 spiro atoms. The molecule has 1 N–H and O–H groups in total. The van der Waals surface area contributed by atoms with Gasteiger partial charge in [-0.15, -0.1) is 0 Å². The molecule has 5 rings (SSSR count). The summed E-state index contributed by atoms with van der Waals surface area (Å²) in [5.41, 5.74) is 3.11. The van der Waals surface area contributed by atoms with Crippen molar-refractivity contribution < 1.29 is 23.2 Å². The summed E-state index contributed by atoms with van der Waals surface area (Å²) in [4.78, 5) is 21.2. The molecule has 0 aliphatic carbocycles. The zero-order valence-corrected chi connectivity index (χ0v) is 20.0. The minimum atomic E-state index is -0.458. The number of rotatable bonds is 8. The minimum Gasteiger partial charge on any atom is -0.493 e. The topological polar surface area (TPSA) is 104 Å². The molecule has 2 aromatic heterocycles. The molecule has 2 heterocycles. The number of carbonyl (C=O) groups is 1. The van der Waals surface area contributed by atoms with Crippen molar-refractivity contribution in [3.63, 3.8) is 0 Å². The number of methoxy groups -OCH3 is 2. The van der Waals surface area contributed by atoms with Gasteiger partial charge in [0.25, 0.3) is 11.8 Å². The predicted molar refractivity (Wildman–Crippen MR) is 134 cm³/mol. The van der Waals surface area contributed by atoms with Gasteiger partial charge in [0.05, 0.1) is 20.5 Å². The number of carbonyl (C=O) groups excluding carboxylic acids is 1. The van der Waals surface area contributed by atoms with E-state index in [-0.39, 0.29) is 11.5 Å². The average molecular weight is 500 g/mol. The molecular weight excluding hydrogens is 477 g/mol. The first-order valence-corrected chi connectivity index (χ1v) is 11.3. The van der Waals surface area contributed by atoms with Crippen LogP contribution in [0.25, 0.3) is 23.0 Å². The molecule has 0 radical (unpaired) electrons. The predicted octanol–water partition coefficient (Wildman–Crippen LogP) is 5.06. The number of imidazole rings is 1. The monoisotopic (exact) mass is 499 g/mol. The Morgan fingerprint density at radius 2 is 1.84 bits per heavy atom. The second-order valence-electron chi connectivity index (χ2n) is 8.09. The lowest BCUT2D eigenvalue weighted by atomic mass is 10.1. The Labute approximate surface area is 211 Å². The molecular formula is C27H22FN5O4. The second kappa shape index (κ2) is 10.3. The third kappa shape index (κ3) is 5.32. The smallest absolute Gasteiger partial charge is 0.278 e. The Morgan fingerprint density at radius 1 is 1.03 bits per heavy atom. The molecule has 3 aromatic carbocycles. The molecule has 9 nitrogen and oxygen atoms in total. The Morgan fingerprint density at radius 3 is 2.59 bits per heavy atom. The lowest BCUT2D eigenvalue weighted by Crippen LogP contribution is -2.12. The number of hydrogen-bond donors (Lipinski definition) is 1. The normalized spacial score (nSPS) is 10.8. The molecule has 5 aromatic rings. The molecule has 0 saturated heterocycles. The van der Waals surface area contributed by atoms with Crippen LogP contribution in [0.1, 0.15) is 15.9 Å². The Bertz CT molecular complexity index is 1540. The van der Waals surface area contributed by atoms with Gasteiger partial charge in [-0.1, -0.05) is 23.4 Å². The third-order valence-electron chi connectivity index (χ3n) is 5.58. The fourth-order valence-corrected chi connectivity index (χ4v) is 3.71. The van der Waals surface area contributed by atoms with Crippen LogP contribution < -0.4 is 14.8 Å². The molecule has 10 heteroatoms. The van der Waals surface area contributed by atoms with Crippen molar-refractivity contribution in [2.75, 3.05) is 19.5 Å². The number of aromatic nitrogens is 4.